The molecule has 0 aliphatic carbocycles. The molecule has 2 aromatic heterocycles. The number of nitrogens with one attached hydrogen (secondary N) is 1. The number of carbonyl (C=O) groups excluding carboxylic acids is 1. The van der Waals surface area contributed by atoms with Crippen LogP contribution in [0.4, 0.5) is 5.69 Å². The molecule has 35 heavy (non-hydrogen) atoms. The number of anilines is 1. The van der Waals surface area contributed by atoms with Crippen LogP contribution in [-0.4, -0.2) is 15.9 Å². The van der Waals surface area contributed by atoms with Crippen molar-refractivity contribution in [1.29, 1.82) is 0 Å². The highest BCUT2D eigenvalue weighted by molar-refractivity contribution is 6.04. The van der Waals surface area contributed by atoms with Gasteiger partial charge in [0.2, 0.25) is 0 Å². The van der Waals surface area contributed by atoms with Crippen LogP contribution in [0.2, 0.25) is 0 Å². The van der Waals surface area contributed by atoms with E-state index >= 15 is 0 Å². The highest BCUT2D eigenvalue weighted by atomic mass is 16.1. The molecular weight excluding hydrogens is 430 g/mol. The molecule has 0 aliphatic heterocycles. The van der Waals surface area contributed by atoms with Gasteiger partial charge in [-0.25, -0.2) is 4.98 Å². The number of para-hydroxylation sites is 1. The van der Waals surface area contributed by atoms with E-state index in [4.69, 9.17) is 4.98 Å². The summed E-state index contributed by atoms with van der Waals surface area (Å²) in [7, 11) is 0. The normalized spacial score (nSPS) is 11.1. The molecule has 3 aromatic carbocycles. The maximum atomic E-state index is 13.0. The Hall–Kier alpha value is -4.83. The summed E-state index contributed by atoms with van der Waals surface area (Å²) in [5, 5.41) is 2.92. The molecule has 5 rings (SSSR count). The summed E-state index contributed by atoms with van der Waals surface area (Å²) in [6, 6.07) is 39.2. The molecule has 0 unspecified atom stereocenters. The average molecular weight is 454 g/mol. The van der Waals surface area contributed by atoms with E-state index in [1.54, 1.807) is 12.3 Å². The predicted molar refractivity (Wildman–Crippen MR) is 142 cm³/mol. The Morgan fingerprint density at radius 2 is 1.34 bits per heavy atom. The molecule has 5 aromatic rings. The van der Waals surface area contributed by atoms with Crippen molar-refractivity contribution in [3.63, 3.8) is 0 Å². The van der Waals surface area contributed by atoms with Crippen LogP contribution in [-0.2, 0) is 0 Å². The first-order valence-corrected chi connectivity index (χ1v) is 11.4. The van der Waals surface area contributed by atoms with Gasteiger partial charge in [-0.05, 0) is 59.2 Å². The molecular formula is C31H23N3O. The molecule has 0 aliphatic rings. The first-order chi connectivity index (χ1) is 17.3. The molecule has 0 radical (unpaired) electrons. The first-order valence-electron chi connectivity index (χ1n) is 11.4. The van der Waals surface area contributed by atoms with Crippen molar-refractivity contribution in [1.82, 2.24) is 9.97 Å². The number of rotatable bonds is 6. The fraction of sp³-hybridized carbons (Fsp3) is 0. The second-order valence-electron chi connectivity index (χ2n) is 7.96. The standard InChI is InChI=1S/C31H23N3O/c35-31(33-25-16-8-3-9-17-25)29-20-19-26(30(34-29)28-18-10-11-21-32-28)27(24-14-6-2-7-15-24)22-23-12-4-1-5-13-23/h1-22H,(H,33,35)/b27-22+. The number of carbonyl (C=O) groups is 1. The lowest BCUT2D eigenvalue weighted by Gasteiger charge is -2.15. The summed E-state index contributed by atoms with van der Waals surface area (Å²) in [5.74, 6) is -0.270. The number of hydrogen-bond donors (Lipinski definition) is 1. The Morgan fingerprint density at radius 3 is 2.03 bits per heavy atom. The van der Waals surface area contributed by atoms with Crippen LogP contribution in [0.1, 0.15) is 27.2 Å². The van der Waals surface area contributed by atoms with E-state index in [0.29, 0.717) is 17.1 Å². The van der Waals surface area contributed by atoms with Crippen molar-refractivity contribution in [3.05, 3.63) is 150 Å². The third-order valence-corrected chi connectivity index (χ3v) is 5.55. The topological polar surface area (TPSA) is 54.9 Å². The molecule has 0 spiro atoms. The van der Waals surface area contributed by atoms with Gasteiger partial charge in [-0.1, -0.05) is 84.9 Å². The van der Waals surface area contributed by atoms with Crippen LogP contribution in [0.25, 0.3) is 23.0 Å². The van der Waals surface area contributed by atoms with E-state index in [0.717, 1.165) is 28.0 Å². The Balaban J connectivity index is 1.65. The number of aromatic nitrogens is 2. The van der Waals surface area contributed by atoms with Crippen molar-refractivity contribution in [2.24, 2.45) is 0 Å². The summed E-state index contributed by atoms with van der Waals surface area (Å²) >= 11 is 0. The summed E-state index contributed by atoms with van der Waals surface area (Å²) in [6.45, 7) is 0. The van der Waals surface area contributed by atoms with Crippen LogP contribution in [0, 0.1) is 0 Å². The monoisotopic (exact) mass is 453 g/mol. The second kappa shape index (κ2) is 10.4. The van der Waals surface area contributed by atoms with E-state index in [-0.39, 0.29) is 5.91 Å². The van der Waals surface area contributed by atoms with Crippen molar-refractivity contribution in [3.8, 4) is 11.4 Å². The zero-order valence-corrected chi connectivity index (χ0v) is 19.0. The third-order valence-electron chi connectivity index (χ3n) is 5.55. The maximum absolute atomic E-state index is 13.0. The van der Waals surface area contributed by atoms with Crippen LogP contribution >= 0.6 is 0 Å². The Bertz CT molecular complexity index is 1450. The minimum absolute atomic E-state index is 0.270. The number of amides is 1. The van der Waals surface area contributed by atoms with Gasteiger partial charge in [0.1, 0.15) is 5.69 Å². The summed E-state index contributed by atoms with van der Waals surface area (Å²) in [5.41, 5.74) is 6.42. The minimum atomic E-state index is -0.270. The lowest BCUT2D eigenvalue weighted by Crippen LogP contribution is -2.14. The Labute approximate surface area is 204 Å². The van der Waals surface area contributed by atoms with Crippen molar-refractivity contribution >= 4 is 23.2 Å². The van der Waals surface area contributed by atoms with Gasteiger partial charge >= 0.3 is 0 Å². The predicted octanol–water partition coefficient (Wildman–Crippen LogP) is 6.98. The number of nitrogens with zero attached hydrogens (tertiary/aromatic N) is 2. The van der Waals surface area contributed by atoms with E-state index in [1.165, 1.54) is 0 Å². The summed E-state index contributed by atoms with van der Waals surface area (Å²) < 4.78 is 0. The molecule has 168 valence electrons. The SMILES string of the molecule is O=C(Nc1ccccc1)c1ccc(/C(=C/c2ccccc2)c2ccccc2)c(-c2ccccn2)n1. The largest absolute Gasteiger partial charge is 0.321 e. The van der Waals surface area contributed by atoms with Gasteiger partial charge in [-0.3, -0.25) is 9.78 Å². The van der Waals surface area contributed by atoms with Crippen LogP contribution in [0.15, 0.2) is 128 Å². The van der Waals surface area contributed by atoms with Gasteiger partial charge in [-0.2, -0.15) is 0 Å². The van der Waals surface area contributed by atoms with E-state index < -0.39 is 0 Å². The number of hydrogen-bond acceptors (Lipinski definition) is 3. The molecule has 4 nitrogen and oxygen atoms in total. The molecule has 1 amide bonds. The molecule has 0 fully saturated rings. The highest BCUT2D eigenvalue weighted by Gasteiger charge is 2.18. The average Bonchev–Trinajstić information content (AvgIpc) is 2.93. The van der Waals surface area contributed by atoms with Gasteiger partial charge in [0.15, 0.2) is 0 Å². The Kier molecular flexibility index (Phi) is 6.54. The molecule has 0 saturated carbocycles. The van der Waals surface area contributed by atoms with E-state index in [9.17, 15) is 4.79 Å². The zero-order valence-electron chi connectivity index (χ0n) is 19.0. The highest BCUT2D eigenvalue weighted by Crippen LogP contribution is 2.32. The quantitative estimate of drug-likeness (QED) is 0.282. The van der Waals surface area contributed by atoms with Gasteiger partial charge in [0, 0.05) is 17.4 Å². The van der Waals surface area contributed by atoms with Crippen molar-refractivity contribution in [2.45, 2.75) is 0 Å². The van der Waals surface area contributed by atoms with E-state index in [1.807, 2.05) is 91.0 Å². The van der Waals surface area contributed by atoms with Crippen LogP contribution < -0.4 is 5.32 Å². The van der Waals surface area contributed by atoms with Crippen molar-refractivity contribution < 1.29 is 4.79 Å². The molecule has 0 atom stereocenters. The van der Waals surface area contributed by atoms with Gasteiger partial charge < -0.3 is 5.32 Å². The molecule has 0 saturated heterocycles. The fourth-order valence-corrected chi connectivity index (χ4v) is 3.87. The molecule has 4 heteroatoms. The lowest BCUT2D eigenvalue weighted by atomic mass is 9.93. The van der Waals surface area contributed by atoms with Crippen LogP contribution in [0.3, 0.4) is 0 Å². The van der Waals surface area contributed by atoms with E-state index in [2.05, 4.69) is 40.6 Å². The number of pyridine rings is 2. The molecule has 1 N–H and O–H groups in total. The zero-order chi connectivity index (χ0) is 23.9. The summed E-state index contributed by atoms with van der Waals surface area (Å²) in [4.78, 5) is 22.4. The first kappa shape index (κ1) is 22.0. The Morgan fingerprint density at radius 1 is 0.686 bits per heavy atom. The number of benzene rings is 3. The third kappa shape index (κ3) is 5.23. The smallest absolute Gasteiger partial charge is 0.274 e. The van der Waals surface area contributed by atoms with Gasteiger partial charge in [0.25, 0.3) is 5.91 Å². The van der Waals surface area contributed by atoms with Crippen molar-refractivity contribution in [2.75, 3.05) is 5.32 Å². The molecule has 2 heterocycles. The maximum Gasteiger partial charge on any atom is 0.274 e. The van der Waals surface area contributed by atoms with Crippen LogP contribution in [0.5, 0.6) is 0 Å². The van der Waals surface area contributed by atoms with Gasteiger partial charge in [-0.15, -0.1) is 0 Å². The summed E-state index contributed by atoms with van der Waals surface area (Å²) in [6.07, 6.45) is 3.88. The minimum Gasteiger partial charge on any atom is -0.321 e. The lowest BCUT2D eigenvalue weighted by molar-refractivity contribution is 0.102. The fourth-order valence-electron chi connectivity index (χ4n) is 3.87. The van der Waals surface area contributed by atoms with Gasteiger partial charge in [0.05, 0.1) is 11.4 Å². The molecule has 0 bridgehead atoms. The second-order valence-corrected chi connectivity index (χ2v) is 7.96.